The number of amides is 1. The summed E-state index contributed by atoms with van der Waals surface area (Å²) in [5.74, 6) is 0.326. The minimum atomic E-state index is -0.822. The normalized spacial score (nSPS) is 31.6. The van der Waals surface area contributed by atoms with Gasteiger partial charge < -0.3 is 15.2 Å². The zero-order chi connectivity index (χ0) is 14.9. The molecule has 2 N–H and O–H groups in total. The van der Waals surface area contributed by atoms with Crippen LogP contribution in [0.2, 0.25) is 0 Å². The van der Waals surface area contributed by atoms with E-state index >= 15 is 0 Å². The lowest BCUT2D eigenvalue weighted by molar-refractivity contribution is -0.132. The SMILES string of the molecule is CC(O)(CC(=O)NC1CCOC2(CCCCC2)C1)C1CC1. The Bertz CT molecular complexity index is 378. The van der Waals surface area contributed by atoms with Crippen LogP contribution in [0, 0.1) is 5.92 Å². The van der Waals surface area contributed by atoms with E-state index in [1.165, 1.54) is 19.3 Å². The van der Waals surface area contributed by atoms with Crippen molar-refractivity contribution in [3.8, 4) is 0 Å². The van der Waals surface area contributed by atoms with Crippen LogP contribution in [0.25, 0.3) is 0 Å². The molecule has 1 spiro atoms. The lowest BCUT2D eigenvalue weighted by Crippen LogP contribution is -2.50. The van der Waals surface area contributed by atoms with Crippen molar-refractivity contribution in [2.45, 2.75) is 88.4 Å². The summed E-state index contributed by atoms with van der Waals surface area (Å²) in [6, 6.07) is 0.222. The maximum atomic E-state index is 12.2. The molecule has 1 saturated heterocycles. The fourth-order valence-electron chi connectivity index (χ4n) is 4.15. The van der Waals surface area contributed by atoms with Crippen LogP contribution >= 0.6 is 0 Å². The fourth-order valence-corrected chi connectivity index (χ4v) is 4.15. The molecule has 2 aliphatic carbocycles. The van der Waals surface area contributed by atoms with E-state index in [1.54, 1.807) is 6.92 Å². The number of aliphatic hydroxyl groups is 1. The van der Waals surface area contributed by atoms with Crippen molar-refractivity contribution in [2.24, 2.45) is 5.92 Å². The third-order valence-electron chi connectivity index (χ3n) is 5.60. The first-order chi connectivity index (χ1) is 9.99. The van der Waals surface area contributed by atoms with Crippen LogP contribution in [0.4, 0.5) is 0 Å². The number of nitrogens with one attached hydrogen (secondary N) is 1. The first-order valence-corrected chi connectivity index (χ1v) is 8.65. The van der Waals surface area contributed by atoms with Crippen LogP contribution < -0.4 is 5.32 Å². The molecular formula is C17H29NO3. The van der Waals surface area contributed by atoms with Crippen molar-refractivity contribution in [3.63, 3.8) is 0 Å². The summed E-state index contributed by atoms with van der Waals surface area (Å²) >= 11 is 0. The van der Waals surface area contributed by atoms with E-state index in [-0.39, 0.29) is 24.0 Å². The molecule has 4 nitrogen and oxygen atoms in total. The molecule has 3 rings (SSSR count). The summed E-state index contributed by atoms with van der Waals surface area (Å²) in [7, 11) is 0. The Balaban J connectivity index is 1.51. The molecule has 3 fully saturated rings. The first kappa shape index (κ1) is 15.3. The molecule has 2 saturated carbocycles. The molecule has 2 atom stereocenters. The second-order valence-electron chi connectivity index (χ2n) is 7.66. The molecule has 3 aliphatic rings. The lowest BCUT2D eigenvalue weighted by Gasteiger charge is -2.43. The molecule has 0 radical (unpaired) electrons. The molecular weight excluding hydrogens is 266 g/mol. The molecule has 2 unspecified atom stereocenters. The summed E-state index contributed by atoms with van der Waals surface area (Å²) in [4.78, 5) is 12.2. The molecule has 21 heavy (non-hydrogen) atoms. The second-order valence-corrected chi connectivity index (χ2v) is 7.66. The summed E-state index contributed by atoms with van der Waals surface area (Å²) in [5, 5.41) is 13.5. The van der Waals surface area contributed by atoms with Gasteiger partial charge in [-0.25, -0.2) is 0 Å². The van der Waals surface area contributed by atoms with E-state index < -0.39 is 5.60 Å². The number of rotatable bonds is 4. The standard InChI is InChI=1S/C17H29NO3/c1-16(20,13-5-6-13)12-15(19)18-14-7-10-21-17(11-14)8-3-2-4-9-17/h13-14,20H,2-12H2,1H3,(H,18,19). The number of carbonyl (C=O) groups is 1. The molecule has 4 heteroatoms. The zero-order valence-electron chi connectivity index (χ0n) is 13.2. The predicted molar refractivity (Wildman–Crippen MR) is 80.9 cm³/mol. The van der Waals surface area contributed by atoms with Crippen molar-refractivity contribution in [1.29, 1.82) is 0 Å². The van der Waals surface area contributed by atoms with E-state index in [2.05, 4.69) is 5.32 Å². The molecule has 1 aliphatic heterocycles. The molecule has 0 aromatic rings. The van der Waals surface area contributed by atoms with Gasteiger partial charge >= 0.3 is 0 Å². The van der Waals surface area contributed by atoms with Crippen LogP contribution in [0.3, 0.4) is 0 Å². The zero-order valence-corrected chi connectivity index (χ0v) is 13.2. The Hall–Kier alpha value is -0.610. The Morgan fingerprint density at radius 1 is 1.29 bits per heavy atom. The van der Waals surface area contributed by atoms with Crippen LogP contribution in [0.5, 0.6) is 0 Å². The van der Waals surface area contributed by atoms with Crippen LogP contribution in [-0.4, -0.2) is 34.9 Å². The van der Waals surface area contributed by atoms with Gasteiger partial charge in [0.05, 0.1) is 17.6 Å². The van der Waals surface area contributed by atoms with Gasteiger partial charge in [0.1, 0.15) is 0 Å². The number of hydrogen-bond acceptors (Lipinski definition) is 3. The molecule has 0 aromatic heterocycles. The van der Waals surface area contributed by atoms with Crippen molar-refractivity contribution in [3.05, 3.63) is 0 Å². The summed E-state index contributed by atoms with van der Waals surface area (Å²) in [5.41, 5.74) is -0.800. The number of carbonyl (C=O) groups excluding carboxylic acids is 1. The van der Waals surface area contributed by atoms with E-state index in [9.17, 15) is 9.90 Å². The van der Waals surface area contributed by atoms with Crippen LogP contribution in [0.1, 0.15) is 71.1 Å². The van der Waals surface area contributed by atoms with Gasteiger partial charge in [0, 0.05) is 12.6 Å². The number of hydrogen-bond donors (Lipinski definition) is 2. The molecule has 1 amide bonds. The Morgan fingerprint density at radius 2 is 2.00 bits per heavy atom. The minimum Gasteiger partial charge on any atom is -0.389 e. The maximum Gasteiger partial charge on any atom is 0.223 e. The smallest absolute Gasteiger partial charge is 0.223 e. The van der Waals surface area contributed by atoms with Gasteiger partial charge in [-0.3, -0.25) is 4.79 Å². The topological polar surface area (TPSA) is 58.6 Å². The van der Waals surface area contributed by atoms with Gasteiger partial charge in [0.2, 0.25) is 5.91 Å². The second kappa shape index (κ2) is 5.88. The third-order valence-corrected chi connectivity index (χ3v) is 5.60. The van der Waals surface area contributed by atoms with Gasteiger partial charge in [0.25, 0.3) is 0 Å². The van der Waals surface area contributed by atoms with Crippen molar-refractivity contribution in [2.75, 3.05) is 6.61 Å². The molecule has 1 heterocycles. The Morgan fingerprint density at radius 3 is 2.67 bits per heavy atom. The van der Waals surface area contributed by atoms with E-state index in [1.807, 2.05) is 0 Å². The molecule has 0 aromatic carbocycles. The number of ether oxygens (including phenoxy) is 1. The van der Waals surface area contributed by atoms with E-state index in [0.29, 0.717) is 5.92 Å². The van der Waals surface area contributed by atoms with E-state index in [4.69, 9.17) is 4.74 Å². The highest BCUT2D eigenvalue weighted by atomic mass is 16.5. The first-order valence-electron chi connectivity index (χ1n) is 8.65. The van der Waals surface area contributed by atoms with Gasteiger partial charge in [-0.1, -0.05) is 19.3 Å². The average Bonchev–Trinajstić information content (AvgIpc) is 3.23. The lowest BCUT2D eigenvalue weighted by atomic mass is 9.78. The molecule has 0 bridgehead atoms. The Labute approximate surface area is 127 Å². The van der Waals surface area contributed by atoms with Crippen molar-refractivity contribution in [1.82, 2.24) is 5.32 Å². The van der Waals surface area contributed by atoms with Crippen LogP contribution in [-0.2, 0) is 9.53 Å². The van der Waals surface area contributed by atoms with Crippen LogP contribution in [0.15, 0.2) is 0 Å². The minimum absolute atomic E-state index is 0.00441. The summed E-state index contributed by atoms with van der Waals surface area (Å²) in [6.07, 6.45) is 10.3. The highest BCUT2D eigenvalue weighted by molar-refractivity contribution is 5.77. The summed E-state index contributed by atoms with van der Waals surface area (Å²) < 4.78 is 6.07. The quantitative estimate of drug-likeness (QED) is 0.838. The van der Waals surface area contributed by atoms with E-state index in [0.717, 1.165) is 45.1 Å². The van der Waals surface area contributed by atoms with Gasteiger partial charge in [-0.05, 0) is 51.4 Å². The Kier molecular flexibility index (Phi) is 4.28. The largest absolute Gasteiger partial charge is 0.389 e. The maximum absolute atomic E-state index is 12.2. The summed E-state index contributed by atoms with van der Waals surface area (Å²) in [6.45, 7) is 2.56. The fraction of sp³-hybridized carbons (Fsp3) is 0.941. The molecule has 120 valence electrons. The predicted octanol–water partition coefficient (Wildman–Crippen LogP) is 2.54. The average molecular weight is 295 g/mol. The van der Waals surface area contributed by atoms with Gasteiger partial charge in [-0.15, -0.1) is 0 Å². The monoisotopic (exact) mass is 295 g/mol. The van der Waals surface area contributed by atoms with Crippen molar-refractivity contribution < 1.29 is 14.6 Å². The highest BCUT2D eigenvalue weighted by Gasteiger charge is 2.42. The highest BCUT2D eigenvalue weighted by Crippen LogP contribution is 2.41. The van der Waals surface area contributed by atoms with Crippen molar-refractivity contribution >= 4 is 5.91 Å². The third kappa shape index (κ3) is 3.78. The van der Waals surface area contributed by atoms with Gasteiger partial charge in [-0.2, -0.15) is 0 Å². The van der Waals surface area contributed by atoms with Gasteiger partial charge in [0.15, 0.2) is 0 Å².